The maximum Gasteiger partial charge on any atom is 0.496 e. The summed E-state index contributed by atoms with van der Waals surface area (Å²) < 4.78 is 12.0. The van der Waals surface area contributed by atoms with E-state index in [0.29, 0.717) is 5.56 Å². The van der Waals surface area contributed by atoms with Crippen molar-refractivity contribution >= 4 is 12.6 Å². The van der Waals surface area contributed by atoms with E-state index in [4.69, 9.17) is 9.31 Å². The van der Waals surface area contributed by atoms with Crippen LogP contribution < -0.4 is 5.46 Å². The molecule has 0 unspecified atom stereocenters. The molecule has 1 aliphatic rings. The average molecular weight is 297 g/mol. The van der Waals surface area contributed by atoms with Crippen molar-refractivity contribution in [3.8, 4) is 17.0 Å². The third-order valence-electron chi connectivity index (χ3n) is 4.49. The fourth-order valence-electron chi connectivity index (χ4n) is 2.37. The van der Waals surface area contributed by atoms with Crippen molar-refractivity contribution < 1.29 is 14.4 Å². The zero-order valence-electron chi connectivity index (χ0n) is 13.3. The molecule has 4 nitrogen and oxygen atoms in total. The first kappa shape index (κ1) is 15.1. The Bertz CT molecular complexity index is 667. The van der Waals surface area contributed by atoms with Crippen LogP contribution in [0.5, 0.6) is 5.75 Å². The van der Waals surface area contributed by atoms with Crippen molar-refractivity contribution in [2.24, 2.45) is 0 Å². The number of phenols is 1. The van der Waals surface area contributed by atoms with Crippen LogP contribution in [-0.4, -0.2) is 28.4 Å². The molecule has 1 aromatic heterocycles. The van der Waals surface area contributed by atoms with Gasteiger partial charge in [0.1, 0.15) is 5.75 Å². The summed E-state index contributed by atoms with van der Waals surface area (Å²) in [6, 6.07) is 11.0. The number of phenolic OH excluding ortho intramolecular Hbond substituents is 1. The van der Waals surface area contributed by atoms with Crippen molar-refractivity contribution in [1.29, 1.82) is 0 Å². The monoisotopic (exact) mass is 297 g/mol. The van der Waals surface area contributed by atoms with Crippen LogP contribution in [0.4, 0.5) is 0 Å². The van der Waals surface area contributed by atoms with Gasteiger partial charge in [0.25, 0.3) is 0 Å². The summed E-state index contributed by atoms with van der Waals surface area (Å²) >= 11 is 0. The molecule has 2 heterocycles. The third kappa shape index (κ3) is 2.51. The van der Waals surface area contributed by atoms with E-state index in [0.717, 1.165) is 11.2 Å². The van der Waals surface area contributed by atoms with Crippen LogP contribution in [0.3, 0.4) is 0 Å². The molecular formula is C17H20BNO3. The minimum absolute atomic E-state index is 0.221. The zero-order valence-corrected chi connectivity index (χ0v) is 13.3. The van der Waals surface area contributed by atoms with E-state index >= 15 is 0 Å². The van der Waals surface area contributed by atoms with Crippen molar-refractivity contribution in [2.45, 2.75) is 38.9 Å². The Morgan fingerprint density at radius 1 is 0.955 bits per heavy atom. The van der Waals surface area contributed by atoms with Gasteiger partial charge in [-0.1, -0.05) is 18.2 Å². The lowest BCUT2D eigenvalue weighted by atomic mass is 9.80. The lowest BCUT2D eigenvalue weighted by Gasteiger charge is -2.32. The molecule has 0 spiro atoms. The van der Waals surface area contributed by atoms with Gasteiger partial charge in [0.15, 0.2) is 0 Å². The summed E-state index contributed by atoms with van der Waals surface area (Å²) in [5.74, 6) is 0.221. The smallest absolute Gasteiger partial charge is 0.496 e. The normalized spacial score (nSPS) is 19.4. The van der Waals surface area contributed by atoms with Gasteiger partial charge in [-0.2, -0.15) is 0 Å². The van der Waals surface area contributed by atoms with E-state index in [-0.39, 0.29) is 17.0 Å². The molecule has 0 aliphatic carbocycles. The molecule has 0 atom stereocenters. The van der Waals surface area contributed by atoms with E-state index in [9.17, 15) is 5.11 Å². The Morgan fingerprint density at radius 2 is 1.59 bits per heavy atom. The molecular weight excluding hydrogens is 277 g/mol. The molecule has 0 radical (unpaired) electrons. The Morgan fingerprint density at radius 3 is 2.14 bits per heavy atom. The van der Waals surface area contributed by atoms with Crippen molar-refractivity contribution in [1.82, 2.24) is 4.98 Å². The summed E-state index contributed by atoms with van der Waals surface area (Å²) in [5, 5.41) is 9.89. The average Bonchev–Trinajstić information content (AvgIpc) is 2.68. The first-order chi connectivity index (χ1) is 10.3. The van der Waals surface area contributed by atoms with E-state index < -0.39 is 7.12 Å². The molecule has 0 saturated carbocycles. The van der Waals surface area contributed by atoms with Gasteiger partial charge in [-0.15, -0.1) is 0 Å². The number of hydrogen-bond donors (Lipinski definition) is 1. The predicted octanol–water partition coefficient (Wildman–Crippen LogP) is 2.75. The molecule has 1 saturated heterocycles. The fraction of sp³-hybridized carbons (Fsp3) is 0.353. The number of hydrogen-bond acceptors (Lipinski definition) is 4. The maximum atomic E-state index is 9.89. The van der Waals surface area contributed by atoms with Gasteiger partial charge in [-0.25, -0.2) is 0 Å². The molecule has 3 rings (SSSR count). The van der Waals surface area contributed by atoms with Crippen molar-refractivity contribution in [3.05, 3.63) is 42.6 Å². The van der Waals surface area contributed by atoms with E-state index in [1.54, 1.807) is 18.3 Å². The van der Waals surface area contributed by atoms with Gasteiger partial charge in [0.05, 0.1) is 16.9 Å². The van der Waals surface area contributed by atoms with Crippen LogP contribution in [0.1, 0.15) is 27.7 Å². The first-order valence-corrected chi connectivity index (χ1v) is 7.40. The molecule has 1 aliphatic heterocycles. The van der Waals surface area contributed by atoms with Gasteiger partial charge < -0.3 is 14.4 Å². The van der Waals surface area contributed by atoms with Crippen LogP contribution in [-0.2, 0) is 9.31 Å². The zero-order chi connectivity index (χ0) is 16.0. The largest absolute Gasteiger partial charge is 0.507 e. The van der Waals surface area contributed by atoms with Crippen LogP contribution in [0.2, 0.25) is 0 Å². The van der Waals surface area contributed by atoms with Crippen molar-refractivity contribution in [3.63, 3.8) is 0 Å². The molecule has 0 amide bonds. The van der Waals surface area contributed by atoms with Crippen LogP contribution >= 0.6 is 0 Å². The second kappa shape index (κ2) is 5.11. The van der Waals surface area contributed by atoms with Crippen LogP contribution in [0.25, 0.3) is 11.3 Å². The number of rotatable bonds is 2. The lowest BCUT2D eigenvalue weighted by molar-refractivity contribution is 0.00578. The van der Waals surface area contributed by atoms with Crippen LogP contribution in [0, 0.1) is 0 Å². The standard InChI is InChI=1S/C17H20BNO3/c1-16(2)17(3,4)22-18(21-16)12-9-10-14(19-11-12)13-7-5-6-8-15(13)20/h5-11,20H,1-4H3. The maximum absolute atomic E-state index is 9.89. The van der Waals surface area contributed by atoms with Crippen LogP contribution in [0.15, 0.2) is 42.6 Å². The minimum atomic E-state index is -0.420. The minimum Gasteiger partial charge on any atom is -0.507 e. The molecule has 1 fully saturated rings. The first-order valence-electron chi connectivity index (χ1n) is 7.40. The van der Waals surface area contributed by atoms with E-state index in [2.05, 4.69) is 4.98 Å². The summed E-state index contributed by atoms with van der Waals surface area (Å²) in [4.78, 5) is 4.43. The highest BCUT2D eigenvalue weighted by Crippen LogP contribution is 2.36. The molecule has 5 heteroatoms. The van der Waals surface area contributed by atoms with Gasteiger partial charge in [-0.3, -0.25) is 4.98 Å². The van der Waals surface area contributed by atoms with E-state index in [1.807, 2.05) is 52.0 Å². The lowest BCUT2D eigenvalue weighted by Crippen LogP contribution is -2.41. The topological polar surface area (TPSA) is 51.6 Å². The van der Waals surface area contributed by atoms with Gasteiger partial charge in [0.2, 0.25) is 0 Å². The summed E-state index contributed by atoms with van der Waals surface area (Å²) in [7, 11) is -0.420. The van der Waals surface area contributed by atoms with Gasteiger partial charge in [0, 0.05) is 17.2 Å². The highest BCUT2D eigenvalue weighted by Gasteiger charge is 2.51. The number of pyridine rings is 1. The number of aromatic nitrogens is 1. The molecule has 22 heavy (non-hydrogen) atoms. The molecule has 2 aromatic rings. The highest BCUT2D eigenvalue weighted by atomic mass is 16.7. The molecule has 114 valence electrons. The Labute approximate surface area is 131 Å². The quantitative estimate of drug-likeness (QED) is 0.866. The highest BCUT2D eigenvalue weighted by molar-refractivity contribution is 6.62. The fourth-order valence-corrected chi connectivity index (χ4v) is 2.37. The Kier molecular flexibility index (Phi) is 3.50. The molecule has 1 aromatic carbocycles. The van der Waals surface area contributed by atoms with Crippen molar-refractivity contribution in [2.75, 3.05) is 0 Å². The number of nitrogens with zero attached hydrogens (tertiary/aromatic N) is 1. The summed E-state index contributed by atoms with van der Waals surface area (Å²) in [5.41, 5.74) is 1.57. The van der Waals surface area contributed by atoms with Gasteiger partial charge in [-0.05, 0) is 45.9 Å². The third-order valence-corrected chi connectivity index (χ3v) is 4.49. The number of aromatic hydroxyl groups is 1. The Hall–Kier alpha value is -1.85. The molecule has 0 bridgehead atoms. The second-order valence-electron chi connectivity index (χ2n) is 6.58. The second-order valence-corrected chi connectivity index (χ2v) is 6.58. The van der Waals surface area contributed by atoms with E-state index in [1.165, 1.54) is 0 Å². The number of benzene rings is 1. The molecule has 1 N–H and O–H groups in total. The SMILES string of the molecule is CC1(C)OB(c2ccc(-c3ccccc3O)nc2)OC1(C)C. The van der Waals surface area contributed by atoms with Gasteiger partial charge >= 0.3 is 7.12 Å². The summed E-state index contributed by atoms with van der Waals surface area (Å²) in [6.45, 7) is 8.10. The Balaban J connectivity index is 1.86. The summed E-state index contributed by atoms with van der Waals surface area (Å²) in [6.07, 6.45) is 1.74. The number of para-hydroxylation sites is 1. The predicted molar refractivity (Wildman–Crippen MR) is 87.1 cm³/mol.